The van der Waals surface area contributed by atoms with Crippen molar-refractivity contribution in [2.75, 3.05) is 7.11 Å². The van der Waals surface area contributed by atoms with Crippen LogP contribution in [0.3, 0.4) is 0 Å². The van der Waals surface area contributed by atoms with Crippen LogP contribution >= 0.6 is 11.6 Å². The maximum Gasteiger partial charge on any atom is 0.310 e. The molecule has 2 rings (SSSR count). The van der Waals surface area contributed by atoms with E-state index in [0.717, 1.165) is 18.7 Å². The summed E-state index contributed by atoms with van der Waals surface area (Å²) in [6.45, 7) is 0. The molecule has 98 valence electrons. The van der Waals surface area contributed by atoms with Crippen LogP contribution in [0.2, 0.25) is 5.15 Å². The third-order valence-corrected chi connectivity index (χ3v) is 3.69. The van der Waals surface area contributed by atoms with Crippen LogP contribution in [-0.4, -0.2) is 23.0 Å². The van der Waals surface area contributed by atoms with E-state index in [4.69, 9.17) is 11.6 Å². The van der Waals surface area contributed by atoms with E-state index < -0.39 is 0 Å². The number of aromatic nitrogens is 2. The molecule has 0 saturated heterocycles. The minimum atomic E-state index is -0.328. The summed E-state index contributed by atoms with van der Waals surface area (Å²) in [5.41, 5.74) is 0.628. The number of carbonyl (C=O) groups excluding carboxylic acids is 1. The Balaban J connectivity index is 2.11. The molecule has 1 heterocycles. The molecular weight excluding hydrogens is 252 g/mol. The van der Waals surface area contributed by atoms with Gasteiger partial charge in [-0.05, 0) is 12.8 Å². The highest BCUT2D eigenvalue weighted by atomic mass is 35.5. The Hall–Kier alpha value is -1.16. The zero-order valence-corrected chi connectivity index (χ0v) is 11.2. The zero-order valence-electron chi connectivity index (χ0n) is 10.5. The summed E-state index contributed by atoms with van der Waals surface area (Å²) in [5.74, 6) is 0.905. The number of hydrogen-bond acceptors (Lipinski definition) is 4. The maximum absolute atomic E-state index is 11.2. The van der Waals surface area contributed by atoms with Crippen LogP contribution in [0.15, 0.2) is 6.20 Å². The molecule has 18 heavy (non-hydrogen) atoms. The number of carbonyl (C=O) groups is 1. The summed E-state index contributed by atoms with van der Waals surface area (Å²) in [5, 5.41) is 0.371. The van der Waals surface area contributed by atoms with Gasteiger partial charge in [0.2, 0.25) is 0 Å². The van der Waals surface area contributed by atoms with Crippen molar-refractivity contribution in [1.82, 2.24) is 9.97 Å². The van der Waals surface area contributed by atoms with Crippen LogP contribution < -0.4 is 0 Å². The lowest BCUT2D eigenvalue weighted by atomic mass is 9.89. The monoisotopic (exact) mass is 268 g/mol. The largest absolute Gasteiger partial charge is 0.469 e. The molecule has 1 saturated carbocycles. The summed E-state index contributed by atoms with van der Waals surface area (Å²) < 4.78 is 4.60. The highest BCUT2D eigenvalue weighted by Gasteiger charge is 2.19. The predicted molar refractivity (Wildman–Crippen MR) is 68.6 cm³/mol. The van der Waals surface area contributed by atoms with Gasteiger partial charge in [0.25, 0.3) is 0 Å². The third-order valence-electron chi connectivity index (χ3n) is 3.36. The average Bonchev–Trinajstić information content (AvgIpc) is 2.42. The number of methoxy groups -OCH3 is 1. The molecule has 1 fully saturated rings. The first-order valence-electron chi connectivity index (χ1n) is 6.29. The van der Waals surface area contributed by atoms with Crippen LogP contribution in [-0.2, 0) is 16.0 Å². The van der Waals surface area contributed by atoms with E-state index in [1.165, 1.54) is 26.4 Å². The fourth-order valence-corrected chi connectivity index (χ4v) is 2.50. The SMILES string of the molecule is COC(=O)Cc1cnc(C2CCCCC2)nc1Cl. The van der Waals surface area contributed by atoms with Crippen LogP contribution in [0, 0.1) is 0 Å². The summed E-state index contributed by atoms with van der Waals surface area (Å²) in [6, 6.07) is 0. The molecule has 0 aromatic carbocycles. The highest BCUT2D eigenvalue weighted by molar-refractivity contribution is 6.30. The minimum Gasteiger partial charge on any atom is -0.469 e. The Kier molecular flexibility index (Phi) is 4.53. The lowest BCUT2D eigenvalue weighted by Crippen LogP contribution is -2.11. The van der Waals surface area contributed by atoms with Crippen molar-refractivity contribution < 1.29 is 9.53 Å². The molecule has 5 heteroatoms. The van der Waals surface area contributed by atoms with Gasteiger partial charge in [0.1, 0.15) is 11.0 Å². The molecule has 4 nitrogen and oxygen atoms in total. The molecule has 1 aromatic rings. The van der Waals surface area contributed by atoms with Gasteiger partial charge in [-0.15, -0.1) is 0 Å². The number of nitrogens with zero attached hydrogens (tertiary/aromatic N) is 2. The first-order valence-corrected chi connectivity index (χ1v) is 6.66. The van der Waals surface area contributed by atoms with Gasteiger partial charge in [-0.1, -0.05) is 30.9 Å². The van der Waals surface area contributed by atoms with Crippen molar-refractivity contribution in [1.29, 1.82) is 0 Å². The Morgan fingerprint density at radius 2 is 2.17 bits per heavy atom. The maximum atomic E-state index is 11.2. The normalized spacial score (nSPS) is 16.6. The fourth-order valence-electron chi connectivity index (χ4n) is 2.30. The van der Waals surface area contributed by atoms with Gasteiger partial charge in [-0.2, -0.15) is 0 Å². The first-order chi connectivity index (χ1) is 8.70. The minimum absolute atomic E-state index is 0.125. The Morgan fingerprint density at radius 1 is 1.44 bits per heavy atom. The number of hydrogen-bond donors (Lipinski definition) is 0. The quantitative estimate of drug-likeness (QED) is 0.625. The fraction of sp³-hybridized carbons (Fsp3) is 0.615. The summed E-state index contributed by atoms with van der Waals surface area (Å²) >= 11 is 6.09. The van der Waals surface area contributed by atoms with Crippen molar-refractivity contribution in [3.8, 4) is 0 Å². The predicted octanol–water partition coefficient (Wildman–Crippen LogP) is 2.89. The third kappa shape index (κ3) is 3.19. The molecule has 1 aliphatic rings. The second-order valence-electron chi connectivity index (χ2n) is 4.63. The topological polar surface area (TPSA) is 52.1 Å². The van der Waals surface area contributed by atoms with Crippen LogP contribution in [0.25, 0.3) is 0 Å². The van der Waals surface area contributed by atoms with Crippen molar-refractivity contribution in [3.05, 3.63) is 22.7 Å². The second kappa shape index (κ2) is 6.14. The average molecular weight is 269 g/mol. The van der Waals surface area contributed by atoms with Gasteiger partial charge in [-0.3, -0.25) is 4.79 Å². The summed E-state index contributed by atoms with van der Waals surface area (Å²) in [7, 11) is 1.35. The van der Waals surface area contributed by atoms with E-state index in [2.05, 4.69) is 14.7 Å². The van der Waals surface area contributed by atoms with Crippen molar-refractivity contribution in [2.45, 2.75) is 44.4 Å². The van der Waals surface area contributed by atoms with E-state index in [1.54, 1.807) is 6.20 Å². The smallest absolute Gasteiger partial charge is 0.310 e. The molecule has 0 bridgehead atoms. The Morgan fingerprint density at radius 3 is 2.78 bits per heavy atom. The van der Waals surface area contributed by atoms with E-state index in [0.29, 0.717) is 16.6 Å². The van der Waals surface area contributed by atoms with Gasteiger partial charge in [-0.25, -0.2) is 9.97 Å². The molecular formula is C13H17ClN2O2. The molecule has 0 amide bonds. The summed E-state index contributed by atoms with van der Waals surface area (Å²) in [4.78, 5) is 19.9. The van der Waals surface area contributed by atoms with Gasteiger partial charge >= 0.3 is 5.97 Å². The van der Waals surface area contributed by atoms with E-state index in [-0.39, 0.29) is 12.4 Å². The van der Waals surface area contributed by atoms with Gasteiger partial charge in [0.15, 0.2) is 0 Å². The number of rotatable bonds is 3. The van der Waals surface area contributed by atoms with Gasteiger partial charge < -0.3 is 4.74 Å². The van der Waals surface area contributed by atoms with Crippen molar-refractivity contribution >= 4 is 17.6 Å². The number of esters is 1. The molecule has 0 aliphatic heterocycles. The Bertz CT molecular complexity index is 431. The molecule has 0 spiro atoms. The van der Waals surface area contributed by atoms with E-state index in [1.807, 2.05) is 0 Å². The van der Waals surface area contributed by atoms with Crippen LogP contribution in [0.1, 0.15) is 49.4 Å². The highest BCUT2D eigenvalue weighted by Crippen LogP contribution is 2.31. The van der Waals surface area contributed by atoms with E-state index >= 15 is 0 Å². The molecule has 0 N–H and O–H groups in total. The Labute approximate surface area is 112 Å². The molecule has 0 radical (unpaired) electrons. The van der Waals surface area contributed by atoms with Gasteiger partial charge in [0, 0.05) is 17.7 Å². The summed E-state index contributed by atoms with van der Waals surface area (Å²) in [6.07, 6.45) is 7.80. The van der Waals surface area contributed by atoms with Crippen molar-refractivity contribution in [2.24, 2.45) is 0 Å². The van der Waals surface area contributed by atoms with Crippen molar-refractivity contribution in [3.63, 3.8) is 0 Å². The molecule has 1 aliphatic carbocycles. The molecule has 0 unspecified atom stereocenters. The standard InChI is InChI=1S/C13H17ClN2O2/c1-18-11(17)7-10-8-15-13(16-12(10)14)9-5-3-2-4-6-9/h8-9H,2-7H2,1H3. The zero-order chi connectivity index (χ0) is 13.0. The number of ether oxygens (including phenoxy) is 1. The van der Waals surface area contributed by atoms with Crippen LogP contribution in [0.5, 0.6) is 0 Å². The van der Waals surface area contributed by atoms with E-state index in [9.17, 15) is 4.79 Å². The van der Waals surface area contributed by atoms with Gasteiger partial charge in [0.05, 0.1) is 13.5 Å². The second-order valence-corrected chi connectivity index (χ2v) is 4.99. The first kappa shape index (κ1) is 13.3. The lowest BCUT2D eigenvalue weighted by molar-refractivity contribution is -0.139. The van der Waals surface area contributed by atoms with Crippen LogP contribution in [0.4, 0.5) is 0 Å². The molecule has 0 atom stereocenters. The molecule has 1 aromatic heterocycles. The number of halogens is 1. The lowest BCUT2D eigenvalue weighted by Gasteiger charge is -2.20.